The van der Waals surface area contributed by atoms with Crippen molar-refractivity contribution >= 4 is 17.3 Å². The van der Waals surface area contributed by atoms with E-state index in [1.54, 1.807) is 11.3 Å². The van der Waals surface area contributed by atoms with Crippen LogP contribution in [-0.4, -0.2) is 48.6 Å². The van der Waals surface area contributed by atoms with Gasteiger partial charge in [-0.05, 0) is 45.1 Å². The van der Waals surface area contributed by atoms with Crippen LogP contribution in [0.5, 0.6) is 0 Å². The maximum atomic E-state index is 4.63. The second kappa shape index (κ2) is 9.99. The highest BCUT2D eigenvalue weighted by atomic mass is 32.1. The summed E-state index contributed by atoms with van der Waals surface area (Å²) in [6.07, 6.45) is 4.44. The number of aromatic nitrogens is 1. The Labute approximate surface area is 151 Å². The van der Waals surface area contributed by atoms with Crippen molar-refractivity contribution in [2.75, 3.05) is 32.7 Å². The summed E-state index contributed by atoms with van der Waals surface area (Å²) in [4.78, 5) is 12.9. The van der Waals surface area contributed by atoms with E-state index in [9.17, 15) is 0 Å². The van der Waals surface area contributed by atoms with Gasteiger partial charge in [-0.25, -0.2) is 9.98 Å². The fourth-order valence-electron chi connectivity index (χ4n) is 3.45. The van der Waals surface area contributed by atoms with Crippen LogP contribution in [0.25, 0.3) is 0 Å². The van der Waals surface area contributed by atoms with E-state index < -0.39 is 0 Å². The maximum absolute atomic E-state index is 4.63. The summed E-state index contributed by atoms with van der Waals surface area (Å²) < 4.78 is 0. The monoisotopic (exact) mass is 351 g/mol. The lowest BCUT2D eigenvalue weighted by molar-refractivity contribution is 0.140. The Balaban J connectivity index is 1.71. The van der Waals surface area contributed by atoms with Gasteiger partial charge in [0.1, 0.15) is 5.01 Å². The SMILES string of the molecule is CCNC(=NCc1ncc(C)s1)NCCCN1CC(C)CC(C)C1. The fourth-order valence-corrected chi connectivity index (χ4v) is 4.16. The van der Waals surface area contributed by atoms with E-state index in [2.05, 4.69) is 53.2 Å². The number of hydrogen-bond donors (Lipinski definition) is 2. The van der Waals surface area contributed by atoms with Crippen molar-refractivity contribution in [3.8, 4) is 0 Å². The Morgan fingerprint density at radius 3 is 2.71 bits per heavy atom. The van der Waals surface area contributed by atoms with Crippen LogP contribution in [0.3, 0.4) is 0 Å². The van der Waals surface area contributed by atoms with Crippen LogP contribution in [0.2, 0.25) is 0 Å². The molecule has 0 saturated carbocycles. The average Bonchev–Trinajstić information content (AvgIpc) is 2.93. The van der Waals surface area contributed by atoms with Crippen molar-refractivity contribution in [3.63, 3.8) is 0 Å². The molecule has 2 unspecified atom stereocenters. The number of hydrogen-bond acceptors (Lipinski definition) is 4. The van der Waals surface area contributed by atoms with Crippen LogP contribution >= 0.6 is 11.3 Å². The molecule has 136 valence electrons. The molecule has 24 heavy (non-hydrogen) atoms. The van der Waals surface area contributed by atoms with Gasteiger partial charge in [-0.15, -0.1) is 11.3 Å². The summed E-state index contributed by atoms with van der Waals surface area (Å²) in [7, 11) is 0. The molecule has 2 N–H and O–H groups in total. The van der Waals surface area contributed by atoms with Crippen LogP contribution in [-0.2, 0) is 6.54 Å². The van der Waals surface area contributed by atoms with Gasteiger partial charge in [0, 0.05) is 37.3 Å². The van der Waals surface area contributed by atoms with E-state index in [1.807, 2.05) is 6.20 Å². The summed E-state index contributed by atoms with van der Waals surface area (Å²) >= 11 is 1.71. The minimum Gasteiger partial charge on any atom is -0.357 e. The van der Waals surface area contributed by atoms with Crippen LogP contribution in [0.15, 0.2) is 11.2 Å². The summed E-state index contributed by atoms with van der Waals surface area (Å²) in [6, 6.07) is 0. The quantitative estimate of drug-likeness (QED) is 0.451. The smallest absolute Gasteiger partial charge is 0.191 e. The average molecular weight is 352 g/mol. The van der Waals surface area contributed by atoms with Crippen molar-refractivity contribution < 1.29 is 0 Å². The summed E-state index contributed by atoms with van der Waals surface area (Å²) in [5, 5.41) is 7.83. The van der Waals surface area contributed by atoms with Gasteiger partial charge in [-0.3, -0.25) is 0 Å². The third-order valence-electron chi connectivity index (χ3n) is 4.27. The molecule has 1 fully saturated rings. The van der Waals surface area contributed by atoms with Crippen LogP contribution in [0, 0.1) is 18.8 Å². The van der Waals surface area contributed by atoms with Gasteiger partial charge in [-0.1, -0.05) is 13.8 Å². The second-order valence-electron chi connectivity index (χ2n) is 7.05. The second-order valence-corrected chi connectivity index (χ2v) is 8.37. The Morgan fingerprint density at radius 2 is 2.08 bits per heavy atom. The highest BCUT2D eigenvalue weighted by molar-refractivity contribution is 7.11. The third-order valence-corrected chi connectivity index (χ3v) is 5.17. The molecule has 1 saturated heterocycles. The first-order valence-corrected chi connectivity index (χ1v) is 10.0. The molecule has 1 aliphatic rings. The largest absolute Gasteiger partial charge is 0.357 e. The number of guanidine groups is 1. The zero-order valence-corrected chi connectivity index (χ0v) is 16.5. The number of nitrogens with one attached hydrogen (secondary N) is 2. The molecule has 1 aromatic heterocycles. The van der Waals surface area contributed by atoms with E-state index in [0.29, 0.717) is 6.54 Å². The van der Waals surface area contributed by atoms with Gasteiger partial charge in [0.05, 0.1) is 6.54 Å². The topological polar surface area (TPSA) is 52.6 Å². The molecule has 0 aromatic carbocycles. The molecule has 0 amide bonds. The van der Waals surface area contributed by atoms with Crippen molar-refractivity contribution in [3.05, 3.63) is 16.1 Å². The number of aliphatic imine (C=N–C) groups is 1. The lowest BCUT2D eigenvalue weighted by atomic mass is 9.92. The molecule has 0 aliphatic carbocycles. The number of thiazole rings is 1. The first kappa shape index (κ1) is 19.2. The van der Waals surface area contributed by atoms with Crippen molar-refractivity contribution in [2.45, 2.75) is 47.1 Å². The minimum atomic E-state index is 0.648. The number of piperidine rings is 1. The van der Waals surface area contributed by atoms with Crippen molar-refractivity contribution in [1.82, 2.24) is 20.5 Å². The predicted octanol–water partition coefficient (Wildman–Crippen LogP) is 2.87. The molecular formula is C18H33N5S. The van der Waals surface area contributed by atoms with Gasteiger partial charge < -0.3 is 15.5 Å². The lowest BCUT2D eigenvalue weighted by Gasteiger charge is -2.35. The third kappa shape index (κ3) is 6.77. The normalized spacial score (nSPS) is 22.6. The molecule has 2 heterocycles. The van der Waals surface area contributed by atoms with Crippen molar-refractivity contribution in [1.29, 1.82) is 0 Å². The van der Waals surface area contributed by atoms with E-state index in [0.717, 1.165) is 42.3 Å². The number of rotatable bonds is 7. The van der Waals surface area contributed by atoms with E-state index >= 15 is 0 Å². The van der Waals surface area contributed by atoms with Crippen molar-refractivity contribution in [2.24, 2.45) is 16.8 Å². The summed E-state index contributed by atoms with van der Waals surface area (Å²) in [5.41, 5.74) is 0. The standard InChI is InChI=1S/C18H33N5S/c1-5-19-18(22-11-17-21-10-16(4)24-17)20-7-6-8-23-12-14(2)9-15(3)13-23/h10,14-15H,5-9,11-13H2,1-4H3,(H2,19,20,22). The Bertz CT molecular complexity index is 503. The summed E-state index contributed by atoms with van der Waals surface area (Å²) in [5.74, 6) is 2.57. The molecule has 0 spiro atoms. The molecule has 0 radical (unpaired) electrons. The number of nitrogens with zero attached hydrogens (tertiary/aromatic N) is 3. The first-order valence-electron chi connectivity index (χ1n) is 9.22. The molecule has 5 nitrogen and oxygen atoms in total. The maximum Gasteiger partial charge on any atom is 0.191 e. The molecule has 2 atom stereocenters. The number of aryl methyl sites for hydroxylation is 1. The van der Waals surface area contributed by atoms with Gasteiger partial charge in [0.25, 0.3) is 0 Å². The van der Waals surface area contributed by atoms with Crippen LogP contribution < -0.4 is 10.6 Å². The Kier molecular flexibility index (Phi) is 7.99. The lowest BCUT2D eigenvalue weighted by Crippen LogP contribution is -2.41. The van der Waals surface area contributed by atoms with E-state index in [1.165, 1.54) is 30.9 Å². The van der Waals surface area contributed by atoms with Crippen LogP contribution in [0.4, 0.5) is 0 Å². The van der Waals surface area contributed by atoms with Gasteiger partial charge in [0.2, 0.25) is 0 Å². The summed E-state index contributed by atoms with van der Waals surface area (Å²) in [6.45, 7) is 15.1. The van der Waals surface area contributed by atoms with E-state index in [-0.39, 0.29) is 0 Å². The minimum absolute atomic E-state index is 0.648. The molecule has 1 aromatic rings. The number of likely N-dealkylation sites (tertiary alicyclic amines) is 1. The first-order chi connectivity index (χ1) is 11.6. The van der Waals surface area contributed by atoms with Crippen LogP contribution in [0.1, 0.15) is 43.5 Å². The Hall–Kier alpha value is -1.14. The highest BCUT2D eigenvalue weighted by Gasteiger charge is 2.20. The molecule has 0 bridgehead atoms. The molecule has 2 rings (SSSR count). The van der Waals surface area contributed by atoms with Gasteiger partial charge in [-0.2, -0.15) is 0 Å². The molecule has 1 aliphatic heterocycles. The Morgan fingerprint density at radius 1 is 1.33 bits per heavy atom. The zero-order valence-electron chi connectivity index (χ0n) is 15.6. The van der Waals surface area contributed by atoms with E-state index in [4.69, 9.17) is 0 Å². The zero-order chi connectivity index (χ0) is 17.4. The molecule has 6 heteroatoms. The fraction of sp³-hybridized carbons (Fsp3) is 0.778. The van der Waals surface area contributed by atoms with Gasteiger partial charge >= 0.3 is 0 Å². The highest BCUT2D eigenvalue weighted by Crippen LogP contribution is 2.20. The predicted molar refractivity (Wildman–Crippen MR) is 104 cm³/mol. The van der Waals surface area contributed by atoms with Gasteiger partial charge in [0.15, 0.2) is 5.96 Å². The molecular weight excluding hydrogens is 318 g/mol.